The van der Waals surface area contributed by atoms with Crippen LogP contribution in [0, 0.1) is 0 Å². The van der Waals surface area contributed by atoms with Crippen LogP contribution < -0.4 is 0 Å². The van der Waals surface area contributed by atoms with Crippen LogP contribution >= 0.6 is 0 Å². The standard InChI is InChI=1S/C21H28OSi/c1-21(2,3)23(4,5)22-17-20-15-13-19(14-16-20)12-11-18-9-7-6-8-10-18/h6-16H,17H2,1-5H3/b12-11-. The highest BCUT2D eigenvalue weighted by Crippen LogP contribution is 2.37. The van der Waals surface area contributed by atoms with Gasteiger partial charge in [-0.2, -0.15) is 0 Å². The van der Waals surface area contributed by atoms with Gasteiger partial charge in [-0.15, -0.1) is 0 Å². The Kier molecular flexibility index (Phi) is 5.61. The van der Waals surface area contributed by atoms with Crippen molar-refractivity contribution in [1.29, 1.82) is 0 Å². The van der Waals surface area contributed by atoms with Gasteiger partial charge in [0.05, 0.1) is 6.61 Å². The van der Waals surface area contributed by atoms with Crippen LogP contribution in [0.1, 0.15) is 37.5 Å². The third-order valence-corrected chi connectivity index (χ3v) is 9.13. The SMILES string of the molecule is CC(C)(C)[Si](C)(C)OCc1ccc(/C=C\c2ccccc2)cc1. The van der Waals surface area contributed by atoms with Gasteiger partial charge in [-0.05, 0) is 34.8 Å². The Hall–Kier alpha value is -1.64. The van der Waals surface area contributed by atoms with E-state index in [2.05, 4.69) is 94.5 Å². The molecule has 0 bridgehead atoms. The second kappa shape index (κ2) is 7.29. The first-order valence-corrected chi connectivity index (χ1v) is 11.1. The van der Waals surface area contributed by atoms with Gasteiger partial charge >= 0.3 is 0 Å². The van der Waals surface area contributed by atoms with E-state index in [1.54, 1.807) is 0 Å². The van der Waals surface area contributed by atoms with E-state index in [1.807, 2.05) is 6.07 Å². The zero-order valence-corrected chi connectivity index (χ0v) is 16.0. The monoisotopic (exact) mass is 324 g/mol. The molecule has 2 rings (SSSR count). The summed E-state index contributed by atoms with van der Waals surface area (Å²) in [5.74, 6) is 0. The van der Waals surface area contributed by atoms with Crippen LogP contribution in [0.4, 0.5) is 0 Å². The summed E-state index contributed by atoms with van der Waals surface area (Å²) >= 11 is 0. The van der Waals surface area contributed by atoms with E-state index in [0.29, 0.717) is 6.61 Å². The van der Waals surface area contributed by atoms with Crippen molar-refractivity contribution in [2.24, 2.45) is 0 Å². The van der Waals surface area contributed by atoms with Gasteiger partial charge in [-0.3, -0.25) is 0 Å². The molecule has 122 valence electrons. The molecule has 0 aliphatic rings. The molecule has 0 saturated heterocycles. The zero-order valence-electron chi connectivity index (χ0n) is 15.0. The summed E-state index contributed by atoms with van der Waals surface area (Å²) in [5.41, 5.74) is 3.68. The average Bonchev–Trinajstić information content (AvgIpc) is 2.52. The smallest absolute Gasteiger partial charge is 0.192 e. The molecule has 0 amide bonds. The maximum atomic E-state index is 6.27. The van der Waals surface area contributed by atoms with Crippen LogP contribution in [0.3, 0.4) is 0 Å². The molecule has 0 aliphatic carbocycles. The minimum absolute atomic E-state index is 0.255. The van der Waals surface area contributed by atoms with Crippen molar-refractivity contribution in [1.82, 2.24) is 0 Å². The summed E-state index contributed by atoms with van der Waals surface area (Å²) in [6.45, 7) is 12.1. The van der Waals surface area contributed by atoms with Crippen LogP contribution in [0.5, 0.6) is 0 Å². The van der Waals surface area contributed by atoms with Crippen molar-refractivity contribution in [3.63, 3.8) is 0 Å². The molecule has 0 saturated carbocycles. The number of hydrogen-bond acceptors (Lipinski definition) is 1. The Morgan fingerprint density at radius 1 is 0.826 bits per heavy atom. The van der Waals surface area contributed by atoms with Gasteiger partial charge in [-0.1, -0.05) is 87.5 Å². The molecule has 0 spiro atoms. The lowest BCUT2D eigenvalue weighted by molar-refractivity contribution is 0.276. The first-order valence-electron chi connectivity index (χ1n) is 8.24. The van der Waals surface area contributed by atoms with Gasteiger partial charge in [0.25, 0.3) is 0 Å². The fourth-order valence-corrected chi connectivity index (χ4v) is 2.92. The van der Waals surface area contributed by atoms with E-state index in [9.17, 15) is 0 Å². The Labute approximate surface area is 142 Å². The number of hydrogen-bond donors (Lipinski definition) is 0. The predicted octanol–water partition coefficient (Wildman–Crippen LogP) is 6.38. The molecule has 0 atom stereocenters. The van der Waals surface area contributed by atoms with Crippen molar-refractivity contribution >= 4 is 20.5 Å². The fourth-order valence-electron chi connectivity index (χ4n) is 1.96. The molecule has 2 aromatic rings. The van der Waals surface area contributed by atoms with Gasteiger partial charge < -0.3 is 4.43 Å². The fraction of sp³-hybridized carbons (Fsp3) is 0.333. The van der Waals surface area contributed by atoms with Crippen molar-refractivity contribution < 1.29 is 4.43 Å². The normalized spacial score (nSPS) is 12.7. The molecule has 0 heterocycles. The molecule has 1 nitrogen and oxygen atoms in total. The van der Waals surface area contributed by atoms with Crippen molar-refractivity contribution in [3.05, 3.63) is 71.3 Å². The summed E-state index contributed by atoms with van der Waals surface area (Å²) < 4.78 is 6.27. The highest BCUT2D eigenvalue weighted by Gasteiger charge is 2.36. The lowest BCUT2D eigenvalue weighted by Crippen LogP contribution is -2.40. The number of rotatable bonds is 5. The summed E-state index contributed by atoms with van der Waals surface area (Å²) in [7, 11) is -1.67. The van der Waals surface area contributed by atoms with Crippen molar-refractivity contribution in [3.8, 4) is 0 Å². The molecule has 2 heteroatoms. The topological polar surface area (TPSA) is 9.23 Å². The third-order valence-electron chi connectivity index (χ3n) is 4.65. The van der Waals surface area contributed by atoms with Gasteiger partial charge in [0.2, 0.25) is 0 Å². The molecule has 0 unspecified atom stereocenters. The van der Waals surface area contributed by atoms with E-state index in [0.717, 1.165) is 0 Å². The van der Waals surface area contributed by atoms with E-state index in [1.165, 1.54) is 16.7 Å². The van der Waals surface area contributed by atoms with Crippen LogP contribution in [-0.4, -0.2) is 8.32 Å². The maximum Gasteiger partial charge on any atom is 0.192 e. The Bertz CT molecular complexity index is 634. The number of benzene rings is 2. The lowest BCUT2D eigenvalue weighted by atomic mass is 10.1. The van der Waals surface area contributed by atoms with Crippen LogP contribution in [0.25, 0.3) is 12.2 Å². The summed E-state index contributed by atoms with van der Waals surface area (Å²) in [6.07, 6.45) is 4.29. The Morgan fingerprint density at radius 2 is 1.35 bits per heavy atom. The minimum Gasteiger partial charge on any atom is -0.413 e. The Morgan fingerprint density at radius 3 is 1.87 bits per heavy atom. The van der Waals surface area contributed by atoms with E-state index < -0.39 is 8.32 Å². The molecule has 2 aromatic carbocycles. The summed E-state index contributed by atoms with van der Waals surface area (Å²) in [5, 5.41) is 0.255. The second-order valence-electron chi connectivity index (χ2n) is 7.53. The van der Waals surface area contributed by atoms with Crippen molar-refractivity contribution in [2.45, 2.75) is 45.5 Å². The Balaban J connectivity index is 1.96. The predicted molar refractivity (Wildman–Crippen MR) is 104 cm³/mol. The van der Waals surface area contributed by atoms with Gasteiger partial charge in [0, 0.05) is 0 Å². The molecular formula is C21H28OSi. The lowest BCUT2D eigenvalue weighted by Gasteiger charge is -2.36. The maximum absolute atomic E-state index is 6.27. The summed E-state index contributed by atoms with van der Waals surface area (Å²) in [6, 6.07) is 19.0. The van der Waals surface area contributed by atoms with Crippen LogP contribution in [-0.2, 0) is 11.0 Å². The quantitative estimate of drug-likeness (QED) is 0.458. The molecular weight excluding hydrogens is 296 g/mol. The third kappa shape index (κ3) is 5.19. The average molecular weight is 325 g/mol. The molecule has 0 aliphatic heterocycles. The first-order chi connectivity index (χ1) is 10.8. The summed E-state index contributed by atoms with van der Waals surface area (Å²) in [4.78, 5) is 0. The van der Waals surface area contributed by atoms with E-state index >= 15 is 0 Å². The molecule has 23 heavy (non-hydrogen) atoms. The minimum atomic E-state index is -1.67. The van der Waals surface area contributed by atoms with Gasteiger partial charge in [0.1, 0.15) is 0 Å². The van der Waals surface area contributed by atoms with Crippen LogP contribution in [0.15, 0.2) is 54.6 Å². The molecule has 0 N–H and O–H groups in total. The largest absolute Gasteiger partial charge is 0.413 e. The van der Waals surface area contributed by atoms with Crippen LogP contribution in [0.2, 0.25) is 18.1 Å². The van der Waals surface area contributed by atoms with Gasteiger partial charge in [-0.25, -0.2) is 0 Å². The first kappa shape index (κ1) is 17.7. The second-order valence-corrected chi connectivity index (χ2v) is 12.3. The van der Waals surface area contributed by atoms with Gasteiger partial charge in [0.15, 0.2) is 8.32 Å². The van der Waals surface area contributed by atoms with E-state index in [4.69, 9.17) is 4.43 Å². The highest BCUT2D eigenvalue weighted by atomic mass is 28.4. The molecule has 0 radical (unpaired) electrons. The van der Waals surface area contributed by atoms with Crippen molar-refractivity contribution in [2.75, 3.05) is 0 Å². The molecule has 0 fully saturated rings. The molecule has 0 aromatic heterocycles. The highest BCUT2D eigenvalue weighted by molar-refractivity contribution is 6.74. The zero-order chi connectivity index (χ0) is 16.9. The van der Waals surface area contributed by atoms with E-state index in [-0.39, 0.29) is 5.04 Å².